The first-order valence-corrected chi connectivity index (χ1v) is 10.5. The van der Waals surface area contributed by atoms with Crippen molar-refractivity contribution < 1.29 is 17.9 Å². The third-order valence-corrected chi connectivity index (χ3v) is 6.78. The van der Waals surface area contributed by atoms with Gasteiger partial charge in [0.1, 0.15) is 11.9 Å². The number of piperidine rings is 1. The fourth-order valence-corrected chi connectivity index (χ4v) is 4.11. The number of benzene rings is 1. The second-order valence-electron chi connectivity index (χ2n) is 7.19. The van der Waals surface area contributed by atoms with Crippen LogP contribution in [-0.2, 0) is 10.2 Å². The molecule has 2 aliphatic rings. The van der Waals surface area contributed by atoms with Gasteiger partial charge >= 0.3 is 0 Å². The summed E-state index contributed by atoms with van der Waals surface area (Å²) in [5.74, 6) is 1.22. The van der Waals surface area contributed by atoms with Crippen LogP contribution in [0.1, 0.15) is 36.0 Å². The van der Waals surface area contributed by atoms with Crippen LogP contribution < -0.4 is 10.1 Å². The van der Waals surface area contributed by atoms with Crippen molar-refractivity contribution in [3.63, 3.8) is 0 Å². The molecule has 7 nitrogen and oxygen atoms in total. The number of nitrogens with one attached hydrogen (secondary N) is 1. The van der Waals surface area contributed by atoms with Crippen molar-refractivity contribution in [3.8, 4) is 5.75 Å². The Kier molecular flexibility index (Phi) is 5.84. The van der Waals surface area contributed by atoms with E-state index in [-0.39, 0.29) is 12.0 Å². The largest absolute Gasteiger partial charge is 0.490 e. The predicted molar refractivity (Wildman–Crippen MR) is 99.3 cm³/mol. The van der Waals surface area contributed by atoms with Gasteiger partial charge in [-0.25, -0.2) is 0 Å². The van der Waals surface area contributed by atoms with Crippen molar-refractivity contribution >= 4 is 16.1 Å². The molecule has 3 rings (SSSR count). The zero-order valence-corrected chi connectivity index (χ0v) is 16.2. The quantitative estimate of drug-likeness (QED) is 0.776. The SMILES string of the molecule is CN(C)S(=O)(=O)N1CCC(Oc2cccc(C(=O)NCC3CC3)c2)CC1. The van der Waals surface area contributed by atoms with Crippen molar-refractivity contribution in [3.05, 3.63) is 29.8 Å². The van der Waals surface area contributed by atoms with Gasteiger partial charge in [0.05, 0.1) is 0 Å². The molecule has 0 atom stereocenters. The van der Waals surface area contributed by atoms with Crippen LogP contribution in [0.2, 0.25) is 0 Å². The molecule has 26 heavy (non-hydrogen) atoms. The maximum atomic E-state index is 12.2. The van der Waals surface area contributed by atoms with E-state index in [1.54, 1.807) is 12.1 Å². The van der Waals surface area contributed by atoms with Crippen molar-refractivity contribution in [2.24, 2.45) is 5.92 Å². The van der Waals surface area contributed by atoms with Gasteiger partial charge in [-0.2, -0.15) is 17.0 Å². The summed E-state index contributed by atoms with van der Waals surface area (Å²) in [6, 6.07) is 7.18. The minimum Gasteiger partial charge on any atom is -0.490 e. The zero-order valence-electron chi connectivity index (χ0n) is 15.3. The molecule has 1 N–H and O–H groups in total. The van der Waals surface area contributed by atoms with Gasteiger partial charge in [-0.3, -0.25) is 4.79 Å². The topological polar surface area (TPSA) is 79.0 Å². The molecule has 1 aromatic carbocycles. The van der Waals surface area contributed by atoms with Crippen LogP contribution in [0.3, 0.4) is 0 Å². The Morgan fingerprint density at radius 1 is 1.23 bits per heavy atom. The van der Waals surface area contributed by atoms with Gasteiger partial charge in [-0.1, -0.05) is 6.07 Å². The molecule has 144 valence electrons. The van der Waals surface area contributed by atoms with Crippen molar-refractivity contribution in [1.29, 1.82) is 0 Å². The first-order valence-electron chi connectivity index (χ1n) is 9.09. The molecule has 1 saturated heterocycles. The van der Waals surface area contributed by atoms with Gasteiger partial charge in [0, 0.05) is 39.3 Å². The summed E-state index contributed by atoms with van der Waals surface area (Å²) in [6.45, 7) is 1.61. The van der Waals surface area contributed by atoms with Crippen LogP contribution in [0.25, 0.3) is 0 Å². The molecule has 0 aromatic heterocycles. The molecule has 0 unspecified atom stereocenters. The van der Waals surface area contributed by atoms with Crippen LogP contribution in [0.4, 0.5) is 0 Å². The van der Waals surface area contributed by atoms with E-state index in [1.807, 2.05) is 12.1 Å². The highest BCUT2D eigenvalue weighted by molar-refractivity contribution is 7.86. The van der Waals surface area contributed by atoms with Gasteiger partial charge < -0.3 is 10.1 Å². The maximum absolute atomic E-state index is 12.2. The van der Waals surface area contributed by atoms with Gasteiger partial charge in [0.2, 0.25) is 0 Å². The highest BCUT2D eigenvalue weighted by Crippen LogP contribution is 2.28. The summed E-state index contributed by atoms with van der Waals surface area (Å²) in [5.41, 5.74) is 0.593. The minimum atomic E-state index is -3.36. The van der Waals surface area contributed by atoms with E-state index in [4.69, 9.17) is 4.74 Å². The highest BCUT2D eigenvalue weighted by atomic mass is 32.2. The van der Waals surface area contributed by atoms with Crippen molar-refractivity contribution in [2.45, 2.75) is 31.8 Å². The van der Waals surface area contributed by atoms with E-state index < -0.39 is 10.2 Å². The lowest BCUT2D eigenvalue weighted by Crippen LogP contribution is -2.46. The first kappa shape index (κ1) is 19.1. The summed E-state index contributed by atoms with van der Waals surface area (Å²) >= 11 is 0. The van der Waals surface area contributed by atoms with Crippen molar-refractivity contribution in [1.82, 2.24) is 13.9 Å². The third kappa shape index (κ3) is 4.75. The molecule has 1 aliphatic heterocycles. The van der Waals surface area contributed by atoms with Crippen LogP contribution in [0.5, 0.6) is 5.75 Å². The monoisotopic (exact) mass is 381 g/mol. The van der Waals surface area contributed by atoms with Gasteiger partial charge in [-0.05, 0) is 49.8 Å². The summed E-state index contributed by atoms with van der Waals surface area (Å²) in [4.78, 5) is 12.2. The maximum Gasteiger partial charge on any atom is 0.281 e. The Hall–Kier alpha value is -1.64. The number of rotatable bonds is 7. The molecule has 1 amide bonds. The second kappa shape index (κ2) is 7.94. The lowest BCUT2D eigenvalue weighted by atomic mass is 10.1. The van der Waals surface area contributed by atoms with Crippen LogP contribution in [0.15, 0.2) is 24.3 Å². The lowest BCUT2D eigenvalue weighted by Gasteiger charge is -2.32. The lowest BCUT2D eigenvalue weighted by molar-refractivity contribution is 0.0949. The minimum absolute atomic E-state index is 0.0478. The molecular formula is C18H27N3O4S. The van der Waals surface area contributed by atoms with Gasteiger partial charge in [0.25, 0.3) is 16.1 Å². The van der Waals surface area contributed by atoms with E-state index in [0.29, 0.717) is 43.2 Å². The Morgan fingerprint density at radius 3 is 2.54 bits per heavy atom. The summed E-state index contributed by atoms with van der Waals surface area (Å²) < 4.78 is 33.0. The molecule has 2 fully saturated rings. The smallest absolute Gasteiger partial charge is 0.281 e. The molecule has 1 aliphatic carbocycles. The van der Waals surface area contributed by atoms with E-state index in [1.165, 1.54) is 35.5 Å². The van der Waals surface area contributed by atoms with Gasteiger partial charge in [-0.15, -0.1) is 0 Å². The van der Waals surface area contributed by atoms with E-state index >= 15 is 0 Å². The number of carbonyl (C=O) groups is 1. The van der Waals surface area contributed by atoms with Crippen LogP contribution >= 0.6 is 0 Å². The van der Waals surface area contributed by atoms with E-state index in [0.717, 1.165) is 6.54 Å². The molecule has 0 bridgehead atoms. The van der Waals surface area contributed by atoms with Crippen LogP contribution in [-0.4, -0.2) is 62.8 Å². The molecular weight excluding hydrogens is 354 g/mol. The number of nitrogens with zero attached hydrogens (tertiary/aromatic N) is 2. The molecule has 0 spiro atoms. The molecule has 1 aromatic rings. The first-order chi connectivity index (χ1) is 12.4. The molecule has 8 heteroatoms. The number of carbonyl (C=O) groups excluding carboxylic acids is 1. The average Bonchev–Trinajstić information content (AvgIpc) is 3.44. The number of hydrogen-bond acceptors (Lipinski definition) is 4. The van der Waals surface area contributed by atoms with Crippen LogP contribution in [0, 0.1) is 5.92 Å². The molecule has 1 saturated carbocycles. The Balaban J connectivity index is 1.53. The Labute approximate surface area is 155 Å². The highest BCUT2D eigenvalue weighted by Gasteiger charge is 2.30. The number of amides is 1. The summed E-state index contributed by atoms with van der Waals surface area (Å²) in [7, 11) is -0.286. The third-order valence-electron chi connectivity index (χ3n) is 4.84. The Morgan fingerprint density at radius 2 is 1.92 bits per heavy atom. The fraction of sp³-hybridized carbons (Fsp3) is 0.611. The summed E-state index contributed by atoms with van der Waals surface area (Å²) in [6.07, 6.45) is 3.61. The number of ether oxygens (including phenoxy) is 1. The Bertz CT molecular complexity index is 739. The zero-order chi connectivity index (χ0) is 18.7. The average molecular weight is 381 g/mol. The standard InChI is InChI=1S/C18H27N3O4S/c1-20(2)26(23,24)21-10-8-16(9-11-21)25-17-5-3-4-15(12-17)18(22)19-13-14-6-7-14/h3-5,12,14,16H,6-11,13H2,1-2H3,(H,19,22). The normalized spacial score (nSPS) is 19.5. The van der Waals surface area contributed by atoms with Crippen molar-refractivity contribution in [2.75, 3.05) is 33.7 Å². The molecule has 0 radical (unpaired) electrons. The van der Waals surface area contributed by atoms with Gasteiger partial charge in [0.15, 0.2) is 0 Å². The second-order valence-corrected chi connectivity index (χ2v) is 9.33. The van der Waals surface area contributed by atoms with E-state index in [2.05, 4.69) is 5.32 Å². The summed E-state index contributed by atoms with van der Waals surface area (Å²) in [5, 5.41) is 2.95. The molecule has 1 heterocycles. The van der Waals surface area contributed by atoms with E-state index in [9.17, 15) is 13.2 Å². The number of hydrogen-bond donors (Lipinski definition) is 1. The fourth-order valence-electron chi connectivity index (χ4n) is 2.98. The predicted octanol–water partition coefficient (Wildman–Crippen LogP) is 1.48.